The van der Waals surface area contributed by atoms with Crippen LogP contribution in [0.25, 0.3) is 11.2 Å². The molecule has 1 aromatic carbocycles. The van der Waals surface area contributed by atoms with E-state index < -0.39 is 62.5 Å². The molecule has 0 unspecified atom stereocenters. The van der Waals surface area contributed by atoms with Crippen LogP contribution in [0.2, 0.25) is 0 Å². The maximum atomic E-state index is 15.9. The van der Waals surface area contributed by atoms with Crippen molar-refractivity contribution in [1.82, 2.24) is 24.6 Å². The van der Waals surface area contributed by atoms with E-state index in [1.54, 1.807) is 51.1 Å². The molecule has 4 heterocycles. The first-order valence-electron chi connectivity index (χ1n) is 14.4. The summed E-state index contributed by atoms with van der Waals surface area (Å²) in [5.74, 6) is 0.180. The number of nitrogens with one attached hydrogen (secondary N) is 1. The van der Waals surface area contributed by atoms with Crippen LogP contribution in [0, 0.1) is 6.92 Å². The summed E-state index contributed by atoms with van der Waals surface area (Å²) in [5, 5.41) is 13.7. The van der Waals surface area contributed by atoms with Crippen LogP contribution in [-0.4, -0.2) is 86.2 Å². The van der Waals surface area contributed by atoms with Crippen LogP contribution in [-0.2, 0) is 23.4 Å². The number of alkyl halides is 2. The molecule has 2 aromatic heterocycles. The van der Waals surface area contributed by atoms with Gasteiger partial charge in [-0.05, 0) is 52.7 Å². The van der Waals surface area contributed by atoms with Gasteiger partial charge in [0.1, 0.15) is 29.3 Å². The molecule has 0 saturated carbocycles. The second-order valence-electron chi connectivity index (χ2n) is 11.2. The number of carbonyl (C=O) groups is 1. The van der Waals surface area contributed by atoms with E-state index in [1.165, 1.54) is 17.8 Å². The number of halogens is 2. The number of hydrogen-bond donors (Lipinski definition) is 2. The SMILES string of the molecule is Cc1nc(N2CCCC2)c2ncn([C@@H]3O[C@](CCl)(CO[P@](=O)(N[C@@H](C)C(=O)OC(C)C)Oc4ccccc4)[C@@H](O)[C@H]3F)c2n1. The lowest BCUT2D eigenvalue weighted by molar-refractivity contribution is -0.149. The number of aliphatic hydroxyl groups excluding tert-OH is 1. The Morgan fingerprint density at radius 2 is 1.95 bits per heavy atom. The number of aliphatic hydroxyl groups is 1. The molecule has 2 N–H and O–H groups in total. The van der Waals surface area contributed by atoms with E-state index in [2.05, 4.69) is 24.9 Å². The van der Waals surface area contributed by atoms with Crippen molar-refractivity contribution in [2.45, 2.75) is 76.8 Å². The Kier molecular flexibility index (Phi) is 9.78. The van der Waals surface area contributed by atoms with Gasteiger partial charge in [-0.15, -0.1) is 11.6 Å². The van der Waals surface area contributed by atoms with Crippen molar-refractivity contribution >= 4 is 42.3 Å². The molecule has 13 nitrogen and oxygen atoms in total. The Morgan fingerprint density at radius 1 is 1.25 bits per heavy atom. The molecule has 0 radical (unpaired) electrons. The molecule has 0 aliphatic carbocycles. The third kappa shape index (κ3) is 6.70. The molecule has 240 valence electrons. The molecule has 6 atom stereocenters. The maximum Gasteiger partial charge on any atom is 0.459 e. The third-order valence-electron chi connectivity index (χ3n) is 7.39. The van der Waals surface area contributed by atoms with E-state index in [1.807, 2.05) is 0 Å². The Bertz CT molecular complexity index is 1510. The highest BCUT2D eigenvalue weighted by Crippen LogP contribution is 2.49. The van der Waals surface area contributed by atoms with Crippen molar-refractivity contribution in [1.29, 1.82) is 0 Å². The van der Waals surface area contributed by atoms with Gasteiger partial charge >= 0.3 is 13.7 Å². The van der Waals surface area contributed by atoms with Crippen LogP contribution in [0.3, 0.4) is 0 Å². The summed E-state index contributed by atoms with van der Waals surface area (Å²) in [7, 11) is -4.36. The zero-order valence-electron chi connectivity index (χ0n) is 24.9. The minimum atomic E-state index is -4.36. The Morgan fingerprint density at radius 3 is 2.61 bits per heavy atom. The fraction of sp³-hybridized carbons (Fsp3) is 0.571. The first-order chi connectivity index (χ1) is 20.9. The highest BCUT2D eigenvalue weighted by atomic mass is 35.5. The monoisotopic (exact) mass is 654 g/mol. The lowest BCUT2D eigenvalue weighted by Crippen LogP contribution is -2.48. The third-order valence-corrected chi connectivity index (χ3v) is 9.47. The number of hydrogen-bond acceptors (Lipinski definition) is 11. The first-order valence-corrected chi connectivity index (χ1v) is 16.5. The van der Waals surface area contributed by atoms with E-state index in [9.17, 15) is 14.5 Å². The number of imidazole rings is 1. The second kappa shape index (κ2) is 13.2. The van der Waals surface area contributed by atoms with Gasteiger partial charge in [0.05, 0.1) is 24.9 Å². The summed E-state index contributed by atoms with van der Waals surface area (Å²) >= 11 is 6.29. The number of carbonyl (C=O) groups excluding carboxylic acids is 1. The van der Waals surface area contributed by atoms with Crippen molar-refractivity contribution in [3.8, 4) is 5.75 Å². The van der Waals surface area contributed by atoms with E-state index in [0.717, 1.165) is 25.9 Å². The lowest BCUT2D eigenvalue weighted by Gasteiger charge is -2.31. The van der Waals surface area contributed by atoms with E-state index in [-0.39, 0.29) is 5.75 Å². The van der Waals surface area contributed by atoms with Gasteiger partial charge in [0.25, 0.3) is 0 Å². The fourth-order valence-corrected chi connectivity index (χ4v) is 7.02. The Balaban J connectivity index is 1.41. The number of ether oxygens (including phenoxy) is 2. The number of esters is 1. The zero-order valence-corrected chi connectivity index (χ0v) is 26.6. The Hall–Kier alpha value is -2.87. The molecule has 2 aliphatic heterocycles. The zero-order chi connectivity index (χ0) is 31.6. The normalized spacial score (nSPS) is 25.8. The fourth-order valence-electron chi connectivity index (χ4n) is 5.17. The van der Waals surface area contributed by atoms with Gasteiger partial charge in [-0.25, -0.2) is 23.9 Å². The largest absolute Gasteiger partial charge is 0.462 e. The molecule has 0 amide bonds. The van der Waals surface area contributed by atoms with Crippen LogP contribution in [0.4, 0.5) is 10.2 Å². The summed E-state index contributed by atoms with van der Waals surface area (Å²) in [5.41, 5.74) is -1.04. The summed E-state index contributed by atoms with van der Waals surface area (Å²) in [6, 6.07) is 7.04. The summed E-state index contributed by atoms with van der Waals surface area (Å²) in [6.45, 7) is 7.52. The average molecular weight is 655 g/mol. The minimum Gasteiger partial charge on any atom is -0.462 e. The number of rotatable bonds is 12. The number of para-hydroxylation sites is 1. The molecule has 5 rings (SSSR count). The average Bonchev–Trinajstić information content (AvgIpc) is 3.72. The van der Waals surface area contributed by atoms with Crippen molar-refractivity contribution in [3.05, 3.63) is 42.5 Å². The van der Waals surface area contributed by atoms with Gasteiger partial charge in [0.2, 0.25) is 0 Å². The molecule has 0 spiro atoms. The second-order valence-corrected chi connectivity index (χ2v) is 13.2. The van der Waals surface area contributed by atoms with Crippen LogP contribution in [0.15, 0.2) is 36.7 Å². The van der Waals surface area contributed by atoms with E-state index in [0.29, 0.717) is 22.8 Å². The molecular weight excluding hydrogens is 618 g/mol. The van der Waals surface area contributed by atoms with Gasteiger partial charge in [0, 0.05) is 13.1 Å². The highest BCUT2D eigenvalue weighted by Gasteiger charge is 2.57. The molecule has 44 heavy (non-hydrogen) atoms. The van der Waals surface area contributed by atoms with Crippen LogP contribution >= 0.6 is 19.3 Å². The maximum absolute atomic E-state index is 15.9. The van der Waals surface area contributed by atoms with E-state index >= 15 is 4.39 Å². The topological polar surface area (TPSA) is 150 Å². The van der Waals surface area contributed by atoms with Crippen LogP contribution in [0.1, 0.15) is 45.7 Å². The summed E-state index contributed by atoms with van der Waals surface area (Å²) in [6.07, 6.45) is -2.14. The van der Waals surface area contributed by atoms with Crippen molar-refractivity contribution in [2.24, 2.45) is 0 Å². The summed E-state index contributed by atoms with van der Waals surface area (Å²) < 4.78 is 54.0. The van der Waals surface area contributed by atoms with Crippen molar-refractivity contribution in [3.63, 3.8) is 0 Å². The smallest absolute Gasteiger partial charge is 0.459 e. The minimum absolute atomic E-state index is 0.176. The van der Waals surface area contributed by atoms with Crippen molar-refractivity contribution < 1.29 is 37.4 Å². The number of benzene rings is 1. The number of aryl methyl sites for hydroxylation is 1. The van der Waals surface area contributed by atoms with E-state index in [4.69, 9.17) is 30.1 Å². The quantitative estimate of drug-likeness (QED) is 0.165. The molecule has 2 saturated heterocycles. The molecule has 2 aliphatic rings. The van der Waals surface area contributed by atoms with Crippen LogP contribution in [0.5, 0.6) is 5.75 Å². The van der Waals surface area contributed by atoms with Gasteiger partial charge in [-0.2, -0.15) is 5.09 Å². The Labute approximate surface area is 259 Å². The predicted octanol–water partition coefficient (Wildman–Crippen LogP) is 4.07. The first kappa shape index (κ1) is 32.5. The molecule has 2 fully saturated rings. The van der Waals surface area contributed by atoms with Gasteiger partial charge in [-0.1, -0.05) is 18.2 Å². The van der Waals surface area contributed by atoms with Gasteiger partial charge < -0.3 is 24.0 Å². The highest BCUT2D eigenvalue weighted by molar-refractivity contribution is 7.52. The molecule has 3 aromatic rings. The predicted molar refractivity (Wildman–Crippen MR) is 160 cm³/mol. The molecule has 0 bridgehead atoms. The van der Waals surface area contributed by atoms with Gasteiger partial charge in [0.15, 0.2) is 29.4 Å². The van der Waals surface area contributed by atoms with Crippen molar-refractivity contribution in [2.75, 3.05) is 30.5 Å². The molecular formula is C28H37ClFN6O7P. The number of nitrogens with zero attached hydrogens (tertiary/aromatic N) is 5. The number of fused-ring (bicyclic) bond motifs is 1. The lowest BCUT2D eigenvalue weighted by atomic mass is 9.99. The summed E-state index contributed by atoms with van der Waals surface area (Å²) in [4.78, 5) is 28.1. The standard InChI is InChI=1S/C28H37ClFN6O7P/c1-17(2)41-27(38)18(3)34-44(39,43-20-10-6-5-7-11-20)40-15-28(14-29)23(37)21(30)26(42-28)36-16-31-22-24(35-12-8-9-13-35)32-19(4)33-25(22)36/h5-7,10-11,16-18,21,23,26,37H,8-9,12-15H2,1-4H3,(H,34,39)/t18-,21+,23-,26+,28+,44+/m0/s1. The van der Waals surface area contributed by atoms with Crippen LogP contribution < -0.4 is 14.5 Å². The number of aromatic nitrogens is 4. The number of anilines is 1. The molecule has 16 heteroatoms. The van der Waals surface area contributed by atoms with Gasteiger partial charge in [-0.3, -0.25) is 13.9 Å².